The summed E-state index contributed by atoms with van der Waals surface area (Å²) in [6.07, 6.45) is 0.867. The first kappa shape index (κ1) is 9.99. The first-order valence-corrected chi connectivity index (χ1v) is 4.39. The van der Waals surface area contributed by atoms with Crippen molar-refractivity contribution in [3.63, 3.8) is 0 Å². The Kier molecular flexibility index (Phi) is 3.71. The lowest BCUT2D eigenvalue weighted by Crippen LogP contribution is -2.01. The maximum Gasteiger partial charge on any atom is 0.165 e. The van der Waals surface area contributed by atoms with Crippen LogP contribution in [-0.4, -0.2) is 6.61 Å². The third kappa shape index (κ3) is 2.70. The van der Waals surface area contributed by atoms with Gasteiger partial charge in [-0.2, -0.15) is 0 Å². The normalized spacial score (nSPS) is 10.1. The van der Waals surface area contributed by atoms with Crippen LogP contribution in [0.3, 0.4) is 0 Å². The minimum Gasteiger partial charge on any atom is -0.491 e. The van der Waals surface area contributed by atoms with E-state index in [-0.39, 0.29) is 5.82 Å². The van der Waals surface area contributed by atoms with Gasteiger partial charge in [0.25, 0.3) is 0 Å². The second kappa shape index (κ2) is 4.82. The number of ether oxygens (including phenoxy) is 1. The van der Waals surface area contributed by atoms with Crippen molar-refractivity contribution in [3.8, 4) is 5.75 Å². The monoisotopic (exact) mass is 183 g/mol. The second-order valence-corrected chi connectivity index (χ2v) is 2.82. The van der Waals surface area contributed by atoms with Gasteiger partial charge in [0.05, 0.1) is 6.61 Å². The van der Waals surface area contributed by atoms with E-state index in [1.165, 1.54) is 6.07 Å². The van der Waals surface area contributed by atoms with Crippen molar-refractivity contribution in [2.75, 3.05) is 6.61 Å². The third-order valence-corrected chi connectivity index (χ3v) is 1.69. The van der Waals surface area contributed by atoms with Crippen LogP contribution in [0.5, 0.6) is 5.75 Å². The Morgan fingerprint density at radius 1 is 1.46 bits per heavy atom. The Labute approximate surface area is 77.5 Å². The molecular formula is C10H14FNO. The molecule has 0 aliphatic carbocycles. The van der Waals surface area contributed by atoms with Gasteiger partial charge in [0, 0.05) is 6.54 Å². The van der Waals surface area contributed by atoms with Crippen LogP contribution in [0.15, 0.2) is 18.2 Å². The van der Waals surface area contributed by atoms with Gasteiger partial charge in [0.1, 0.15) is 0 Å². The average Bonchev–Trinajstić information content (AvgIpc) is 2.17. The van der Waals surface area contributed by atoms with Crippen molar-refractivity contribution in [1.29, 1.82) is 0 Å². The standard InChI is InChI=1S/C10H14FNO/c1-2-5-13-10-6-8(7-12)3-4-9(10)11/h3-4,6H,2,5,7,12H2,1H3. The molecule has 1 rings (SSSR count). The summed E-state index contributed by atoms with van der Waals surface area (Å²) in [7, 11) is 0. The van der Waals surface area contributed by atoms with Crippen LogP contribution in [-0.2, 0) is 6.54 Å². The fourth-order valence-corrected chi connectivity index (χ4v) is 0.997. The smallest absolute Gasteiger partial charge is 0.165 e. The summed E-state index contributed by atoms with van der Waals surface area (Å²) in [5, 5.41) is 0. The zero-order chi connectivity index (χ0) is 9.68. The number of rotatable bonds is 4. The van der Waals surface area contributed by atoms with Gasteiger partial charge in [0.15, 0.2) is 11.6 Å². The number of benzene rings is 1. The van der Waals surface area contributed by atoms with Crippen molar-refractivity contribution >= 4 is 0 Å². The van der Waals surface area contributed by atoms with Gasteiger partial charge in [-0.1, -0.05) is 13.0 Å². The Morgan fingerprint density at radius 2 is 2.23 bits per heavy atom. The molecule has 3 heteroatoms. The minimum absolute atomic E-state index is 0.296. The number of nitrogens with two attached hydrogens (primary N) is 1. The zero-order valence-corrected chi connectivity index (χ0v) is 7.72. The third-order valence-electron chi connectivity index (χ3n) is 1.69. The van der Waals surface area contributed by atoms with Crippen molar-refractivity contribution in [3.05, 3.63) is 29.6 Å². The Balaban J connectivity index is 2.78. The van der Waals surface area contributed by atoms with Gasteiger partial charge in [-0.15, -0.1) is 0 Å². The molecule has 0 aliphatic heterocycles. The molecule has 0 amide bonds. The van der Waals surface area contributed by atoms with E-state index in [1.54, 1.807) is 12.1 Å². The van der Waals surface area contributed by atoms with Gasteiger partial charge in [-0.3, -0.25) is 0 Å². The van der Waals surface area contributed by atoms with Crippen LogP contribution in [0.4, 0.5) is 4.39 Å². The van der Waals surface area contributed by atoms with Crippen molar-refractivity contribution in [1.82, 2.24) is 0 Å². The van der Waals surface area contributed by atoms with E-state index in [4.69, 9.17) is 10.5 Å². The van der Waals surface area contributed by atoms with Gasteiger partial charge in [0.2, 0.25) is 0 Å². The maximum atomic E-state index is 13.1. The molecule has 0 saturated heterocycles. The van der Waals surface area contributed by atoms with E-state index >= 15 is 0 Å². The highest BCUT2D eigenvalue weighted by Crippen LogP contribution is 2.18. The average molecular weight is 183 g/mol. The Morgan fingerprint density at radius 3 is 2.85 bits per heavy atom. The summed E-state index contributed by atoms with van der Waals surface area (Å²) in [5.74, 6) is -0.0320. The fraction of sp³-hybridized carbons (Fsp3) is 0.400. The highest BCUT2D eigenvalue weighted by atomic mass is 19.1. The van der Waals surface area contributed by atoms with E-state index < -0.39 is 0 Å². The molecule has 72 valence electrons. The molecule has 0 atom stereocenters. The van der Waals surface area contributed by atoms with E-state index in [9.17, 15) is 4.39 Å². The Bertz CT molecular complexity index is 276. The zero-order valence-electron chi connectivity index (χ0n) is 7.72. The first-order chi connectivity index (χ1) is 6.27. The van der Waals surface area contributed by atoms with Crippen LogP contribution in [0.2, 0.25) is 0 Å². The van der Waals surface area contributed by atoms with Gasteiger partial charge < -0.3 is 10.5 Å². The van der Waals surface area contributed by atoms with Gasteiger partial charge in [-0.25, -0.2) is 4.39 Å². The van der Waals surface area contributed by atoms with Crippen molar-refractivity contribution < 1.29 is 9.13 Å². The van der Waals surface area contributed by atoms with Crippen LogP contribution in [0.1, 0.15) is 18.9 Å². The molecule has 13 heavy (non-hydrogen) atoms. The molecule has 0 radical (unpaired) electrons. The lowest BCUT2D eigenvalue weighted by molar-refractivity contribution is 0.301. The van der Waals surface area contributed by atoms with E-state index in [0.717, 1.165) is 12.0 Å². The molecule has 0 saturated carbocycles. The van der Waals surface area contributed by atoms with Crippen molar-refractivity contribution in [2.24, 2.45) is 5.73 Å². The first-order valence-electron chi connectivity index (χ1n) is 4.39. The molecule has 0 bridgehead atoms. The molecule has 1 aromatic carbocycles. The van der Waals surface area contributed by atoms with Gasteiger partial charge >= 0.3 is 0 Å². The SMILES string of the molecule is CCCOc1cc(CN)ccc1F. The van der Waals surface area contributed by atoms with Crippen LogP contribution in [0, 0.1) is 5.82 Å². The molecule has 1 aromatic rings. The summed E-state index contributed by atoms with van der Waals surface area (Å²) < 4.78 is 18.3. The molecular weight excluding hydrogens is 169 g/mol. The largest absolute Gasteiger partial charge is 0.491 e. The lowest BCUT2D eigenvalue weighted by Gasteiger charge is -2.06. The summed E-state index contributed by atoms with van der Waals surface area (Å²) in [4.78, 5) is 0. The summed E-state index contributed by atoms with van der Waals surface area (Å²) in [6, 6.07) is 4.69. The van der Waals surface area contributed by atoms with E-state index in [2.05, 4.69) is 0 Å². The van der Waals surface area contributed by atoms with E-state index in [1.807, 2.05) is 6.92 Å². The van der Waals surface area contributed by atoms with Crippen molar-refractivity contribution in [2.45, 2.75) is 19.9 Å². The quantitative estimate of drug-likeness (QED) is 0.775. The van der Waals surface area contributed by atoms with Gasteiger partial charge in [-0.05, 0) is 24.1 Å². The molecule has 0 spiro atoms. The molecule has 0 aliphatic rings. The number of hydrogen-bond acceptors (Lipinski definition) is 2. The topological polar surface area (TPSA) is 35.2 Å². The molecule has 0 aromatic heterocycles. The predicted molar refractivity (Wildman–Crippen MR) is 50.1 cm³/mol. The predicted octanol–water partition coefficient (Wildman–Crippen LogP) is 2.07. The second-order valence-electron chi connectivity index (χ2n) is 2.82. The number of hydrogen-bond donors (Lipinski definition) is 1. The fourth-order valence-electron chi connectivity index (χ4n) is 0.997. The maximum absolute atomic E-state index is 13.1. The van der Waals surface area contributed by atoms with Crippen LogP contribution >= 0.6 is 0 Å². The summed E-state index contributed by atoms with van der Waals surface area (Å²) in [6.45, 7) is 2.92. The summed E-state index contributed by atoms with van der Waals surface area (Å²) >= 11 is 0. The molecule has 2 N–H and O–H groups in total. The van der Waals surface area contributed by atoms with Crippen LogP contribution in [0.25, 0.3) is 0 Å². The lowest BCUT2D eigenvalue weighted by atomic mass is 10.2. The van der Waals surface area contributed by atoms with E-state index in [0.29, 0.717) is 18.9 Å². The van der Waals surface area contributed by atoms with Crippen LogP contribution < -0.4 is 10.5 Å². The number of halogens is 1. The summed E-state index contributed by atoms with van der Waals surface area (Å²) in [5.41, 5.74) is 6.30. The molecule has 0 unspecified atom stereocenters. The molecule has 0 heterocycles. The molecule has 0 fully saturated rings. The highest BCUT2D eigenvalue weighted by molar-refractivity contribution is 5.30. The highest BCUT2D eigenvalue weighted by Gasteiger charge is 2.03. The molecule has 2 nitrogen and oxygen atoms in total. The Hall–Kier alpha value is -1.09. The minimum atomic E-state index is -0.328.